The second-order valence-electron chi connectivity index (χ2n) is 3.08. The lowest BCUT2D eigenvalue weighted by molar-refractivity contribution is -0.139. The Bertz CT molecular complexity index is 228. The molecule has 0 spiro atoms. The van der Waals surface area contributed by atoms with Crippen molar-refractivity contribution in [3.8, 4) is 0 Å². The lowest BCUT2D eigenvalue weighted by atomic mass is 10.2. The van der Waals surface area contributed by atoms with Gasteiger partial charge in [-0.25, -0.2) is 0 Å². The third kappa shape index (κ3) is 3.90. The molecule has 2 atom stereocenters. The maximum Gasteiger partial charge on any atom is 0.306 e. The van der Waals surface area contributed by atoms with Crippen LogP contribution in [0.3, 0.4) is 0 Å². The van der Waals surface area contributed by atoms with E-state index in [2.05, 4.69) is 0 Å². The van der Waals surface area contributed by atoms with E-state index in [0.717, 1.165) is 6.42 Å². The van der Waals surface area contributed by atoms with Gasteiger partial charge >= 0.3 is 5.97 Å². The van der Waals surface area contributed by atoms with Crippen LogP contribution in [0, 0.1) is 0 Å². The first-order chi connectivity index (χ1) is 6.18. The third-order valence-electron chi connectivity index (χ3n) is 1.74. The van der Waals surface area contributed by atoms with Crippen molar-refractivity contribution in [2.75, 3.05) is 0 Å². The second-order valence-corrected chi connectivity index (χ2v) is 3.08. The van der Waals surface area contributed by atoms with Crippen molar-refractivity contribution in [1.29, 1.82) is 0 Å². The number of cyclic esters (lactones) is 1. The van der Waals surface area contributed by atoms with Crippen LogP contribution in [0.4, 0.5) is 0 Å². The van der Waals surface area contributed by atoms with E-state index in [4.69, 9.17) is 9.84 Å². The highest BCUT2D eigenvalue weighted by Gasteiger charge is 2.19. The largest absolute Gasteiger partial charge is 0.458 e. The van der Waals surface area contributed by atoms with Crippen LogP contribution in [0.25, 0.3) is 0 Å². The Morgan fingerprint density at radius 3 is 2.92 bits per heavy atom. The molecule has 0 aromatic rings. The number of carbonyl (C=O) groups is 1. The summed E-state index contributed by atoms with van der Waals surface area (Å²) in [5.74, 6) is -0.130. The van der Waals surface area contributed by atoms with E-state index in [1.807, 2.05) is 6.08 Å². The highest BCUT2D eigenvalue weighted by Crippen LogP contribution is 2.14. The van der Waals surface area contributed by atoms with Gasteiger partial charge in [0.25, 0.3) is 0 Å². The molecule has 3 heteroatoms. The van der Waals surface area contributed by atoms with Crippen molar-refractivity contribution in [2.24, 2.45) is 0 Å². The summed E-state index contributed by atoms with van der Waals surface area (Å²) in [5, 5.41) is 8.88. The second kappa shape index (κ2) is 4.82. The SMILES string of the molecule is C[C@@H](O)C=CC=CC1CCC(=O)O1. The summed E-state index contributed by atoms with van der Waals surface area (Å²) in [5.41, 5.74) is 0. The molecule has 1 aliphatic rings. The van der Waals surface area contributed by atoms with Crippen molar-refractivity contribution in [1.82, 2.24) is 0 Å². The molecule has 1 N–H and O–H groups in total. The number of ether oxygens (including phenoxy) is 1. The fraction of sp³-hybridized carbons (Fsp3) is 0.500. The molecule has 1 saturated heterocycles. The van der Waals surface area contributed by atoms with Gasteiger partial charge in [0.05, 0.1) is 6.10 Å². The van der Waals surface area contributed by atoms with E-state index in [1.165, 1.54) is 0 Å². The van der Waals surface area contributed by atoms with E-state index >= 15 is 0 Å². The highest BCUT2D eigenvalue weighted by molar-refractivity contribution is 5.71. The van der Waals surface area contributed by atoms with Crippen LogP contribution in [0.5, 0.6) is 0 Å². The average molecular weight is 182 g/mol. The van der Waals surface area contributed by atoms with Gasteiger partial charge in [0.1, 0.15) is 6.10 Å². The summed E-state index contributed by atoms with van der Waals surface area (Å²) < 4.78 is 4.95. The third-order valence-corrected chi connectivity index (χ3v) is 1.74. The van der Waals surface area contributed by atoms with Gasteiger partial charge in [-0.05, 0) is 19.4 Å². The molecule has 0 bridgehead atoms. The fourth-order valence-electron chi connectivity index (χ4n) is 1.10. The van der Waals surface area contributed by atoms with Crippen molar-refractivity contribution >= 4 is 5.97 Å². The summed E-state index contributed by atoms with van der Waals surface area (Å²) in [6.45, 7) is 1.68. The van der Waals surface area contributed by atoms with Crippen molar-refractivity contribution in [3.63, 3.8) is 0 Å². The van der Waals surface area contributed by atoms with Gasteiger partial charge in [0, 0.05) is 6.42 Å². The van der Waals surface area contributed by atoms with E-state index < -0.39 is 6.10 Å². The van der Waals surface area contributed by atoms with Crippen LogP contribution in [-0.2, 0) is 9.53 Å². The number of allylic oxidation sites excluding steroid dienone is 2. The summed E-state index contributed by atoms with van der Waals surface area (Å²) in [4.78, 5) is 10.7. The molecule has 0 aromatic carbocycles. The fourth-order valence-corrected chi connectivity index (χ4v) is 1.10. The molecule has 72 valence electrons. The van der Waals surface area contributed by atoms with E-state index in [0.29, 0.717) is 6.42 Å². The van der Waals surface area contributed by atoms with Crippen LogP contribution >= 0.6 is 0 Å². The van der Waals surface area contributed by atoms with E-state index in [1.54, 1.807) is 25.2 Å². The van der Waals surface area contributed by atoms with Crippen LogP contribution in [0.1, 0.15) is 19.8 Å². The predicted octanol–water partition coefficient (Wildman–Crippen LogP) is 1.19. The van der Waals surface area contributed by atoms with Gasteiger partial charge in [-0.3, -0.25) is 4.79 Å². The lowest BCUT2D eigenvalue weighted by Crippen LogP contribution is -2.01. The smallest absolute Gasteiger partial charge is 0.306 e. The minimum Gasteiger partial charge on any atom is -0.458 e. The predicted molar refractivity (Wildman–Crippen MR) is 49.1 cm³/mol. The van der Waals surface area contributed by atoms with Crippen LogP contribution in [0.2, 0.25) is 0 Å². The Morgan fingerprint density at radius 1 is 1.62 bits per heavy atom. The lowest BCUT2D eigenvalue weighted by Gasteiger charge is -1.99. The molecule has 1 unspecified atom stereocenters. The standard InChI is InChI=1S/C10H14O3/c1-8(11)4-2-3-5-9-6-7-10(12)13-9/h2-5,8-9,11H,6-7H2,1H3/t8-,9?/m1/s1. The Kier molecular flexibility index (Phi) is 3.71. The Hall–Kier alpha value is -1.09. The van der Waals surface area contributed by atoms with Gasteiger partial charge in [0.2, 0.25) is 0 Å². The molecule has 1 aliphatic heterocycles. The molecule has 0 aromatic heterocycles. The first-order valence-corrected chi connectivity index (χ1v) is 4.41. The zero-order valence-corrected chi connectivity index (χ0v) is 7.64. The van der Waals surface area contributed by atoms with Crippen molar-refractivity contribution in [2.45, 2.75) is 32.0 Å². The number of aliphatic hydroxyl groups is 1. The molecule has 1 heterocycles. The summed E-state index contributed by atoms with van der Waals surface area (Å²) in [7, 11) is 0. The van der Waals surface area contributed by atoms with Crippen LogP contribution in [-0.4, -0.2) is 23.3 Å². The molecule has 1 fully saturated rings. The molecule has 13 heavy (non-hydrogen) atoms. The van der Waals surface area contributed by atoms with Crippen molar-refractivity contribution in [3.05, 3.63) is 24.3 Å². The summed E-state index contributed by atoms with van der Waals surface area (Å²) in [6.07, 6.45) is 7.78. The molecule has 3 nitrogen and oxygen atoms in total. The molecular weight excluding hydrogens is 168 g/mol. The van der Waals surface area contributed by atoms with E-state index in [-0.39, 0.29) is 12.1 Å². The Balaban J connectivity index is 2.28. The number of esters is 1. The monoisotopic (exact) mass is 182 g/mol. The van der Waals surface area contributed by atoms with Crippen LogP contribution in [0.15, 0.2) is 24.3 Å². The van der Waals surface area contributed by atoms with Gasteiger partial charge in [-0.1, -0.05) is 18.2 Å². The van der Waals surface area contributed by atoms with Crippen molar-refractivity contribution < 1.29 is 14.6 Å². The highest BCUT2D eigenvalue weighted by atomic mass is 16.5. The molecule has 1 rings (SSSR count). The summed E-state index contributed by atoms with van der Waals surface area (Å²) in [6, 6.07) is 0. The molecule has 0 aliphatic carbocycles. The number of aliphatic hydroxyl groups excluding tert-OH is 1. The van der Waals surface area contributed by atoms with Gasteiger partial charge in [-0.2, -0.15) is 0 Å². The number of hydrogen-bond donors (Lipinski definition) is 1. The van der Waals surface area contributed by atoms with Gasteiger partial charge in [-0.15, -0.1) is 0 Å². The number of rotatable bonds is 3. The van der Waals surface area contributed by atoms with Gasteiger partial charge in [0.15, 0.2) is 0 Å². The quantitative estimate of drug-likeness (QED) is 0.526. The minimum absolute atomic E-state index is 0.0776. The maximum absolute atomic E-state index is 10.7. The first-order valence-electron chi connectivity index (χ1n) is 4.41. The zero-order chi connectivity index (χ0) is 9.68. The zero-order valence-electron chi connectivity index (χ0n) is 7.64. The average Bonchev–Trinajstić information content (AvgIpc) is 2.45. The maximum atomic E-state index is 10.7. The molecule has 0 amide bonds. The normalized spacial score (nSPS) is 25.7. The molecule has 0 radical (unpaired) electrons. The number of carbonyl (C=O) groups excluding carboxylic acids is 1. The van der Waals surface area contributed by atoms with Crippen LogP contribution < -0.4 is 0 Å². The number of hydrogen-bond acceptors (Lipinski definition) is 3. The molecule has 0 saturated carbocycles. The summed E-state index contributed by atoms with van der Waals surface area (Å²) >= 11 is 0. The Labute approximate surface area is 77.7 Å². The molecular formula is C10H14O3. The minimum atomic E-state index is -0.434. The van der Waals surface area contributed by atoms with Gasteiger partial charge < -0.3 is 9.84 Å². The topological polar surface area (TPSA) is 46.5 Å². The first kappa shape index (κ1) is 9.99. The Morgan fingerprint density at radius 2 is 2.38 bits per heavy atom. The van der Waals surface area contributed by atoms with E-state index in [9.17, 15) is 4.79 Å².